The second-order valence-corrected chi connectivity index (χ2v) is 5.29. The zero-order chi connectivity index (χ0) is 17.5. The van der Waals surface area contributed by atoms with Gasteiger partial charge in [-0.15, -0.1) is 0 Å². The van der Waals surface area contributed by atoms with Crippen molar-refractivity contribution in [3.8, 4) is 0 Å². The monoisotopic (exact) mass is 328 g/mol. The molecule has 3 aromatic rings. The molecule has 4 heteroatoms. The molecule has 0 spiro atoms. The molecule has 0 atom stereocenters. The van der Waals surface area contributed by atoms with E-state index in [0.29, 0.717) is 22.4 Å². The van der Waals surface area contributed by atoms with Gasteiger partial charge in [-0.05, 0) is 12.1 Å². The summed E-state index contributed by atoms with van der Waals surface area (Å²) in [6, 6.07) is 27.1. The van der Waals surface area contributed by atoms with Crippen LogP contribution in [0.15, 0.2) is 96.2 Å². The van der Waals surface area contributed by atoms with Gasteiger partial charge in [-0.1, -0.05) is 84.0 Å². The number of nitrogens with one attached hydrogen (secondary N) is 1. The highest BCUT2D eigenvalue weighted by Crippen LogP contribution is 2.10. The van der Waals surface area contributed by atoms with Crippen LogP contribution in [0.2, 0.25) is 0 Å². The van der Waals surface area contributed by atoms with Crippen molar-refractivity contribution in [2.45, 2.75) is 0 Å². The maximum Gasteiger partial charge on any atom is 0.365 e. The Morgan fingerprint density at radius 2 is 1.12 bits per heavy atom. The van der Waals surface area contributed by atoms with Crippen LogP contribution in [0.1, 0.15) is 21.5 Å². The summed E-state index contributed by atoms with van der Waals surface area (Å²) in [6.45, 7) is 0. The molecule has 0 saturated heterocycles. The summed E-state index contributed by atoms with van der Waals surface area (Å²) in [5, 5.41) is 12.4. The molecule has 0 fully saturated rings. The summed E-state index contributed by atoms with van der Waals surface area (Å²) in [5.41, 5.74) is 2.30. The fourth-order valence-electron chi connectivity index (χ4n) is 2.29. The Kier molecular flexibility index (Phi) is 5.12. The maximum atomic E-state index is 12.1. The first kappa shape index (κ1) is 16.3. The van der Waals surface area contributed by atoms with Gasteiger partial charge in [-0.2, -0.15) is 0 Å². The normalized spacial score (nSPS) is 11.0. The van der Waals surface area contributed by atoms with Gasteiger partial charge in [0.2, 0.25) is 0 Å². The van der Waals surface area contributed by atoms with Crippen molar-refractivity contribution >= 4 is 17.4 Å². The summed E-state index contributed by atoms with van der Waals surface area (Å²) >= 11 is 0. The molecule has 122 valence electrons. The molecule has 4 nitrogen and oxygen atoms in total. The van der Waals surface area contributed by atoms with Crippen molar-refractivity contribution in [3.05, 3.63) is 108 Å². The fourth-order valence-corrected chi connectivity index (χ4v) is 2.29. The molecule has 0 aliphatic heterocycles. The number of carbonyl (C=O) groups excluding carboxylic acids is 1. The predicted octanol–water partition coefficient (Wildman–Crippen LogP) is 4.32. The van der Waals surface area contributed by atoms with Crippen LogP contribution in [0.4, 0.5) is 0 Å². The summed E-state index contributed by atoms with van der Waals surface area (Å²) in [4.78, 5) is 17.2. The molecule has 0 aromatic heterocycles. The average Bonchev–Trinajstić information content (AvgIpc) is 2.70. The van der Waals surface area contributed by atoms with Crippen molar-refractivity contribution in [3.63, 3.8) is 0 Å². The second-order valence-electron chi connectivity index (χ2n) is 5.29. The Morgan fingerprint density at radius 1 is 0.680 bits per heavy atom. The Hall–Kier alpha value is -3.53. The summed E-state index contributed by atoms with van der Waals surface area (Å²) in [6.07, 6.45) is 0. The molecule has 1 N–H and O–H groups in total. The number of benzene rings is 3. The third-order valence-electron chi connectivity index (χ3n) is 3.58. The van der Waals surface area contributed by atoms with Gasteiger partial charge in [-0.3, -0.25) is 5.41 Å². The highest BCUT2D eigenvalue weighted by atomic mass is 16.7. The van der Waals surface area contributed by atoms with E-state index in [9.17, 15) is 4.79 Å². The third-order valence-corrected chi connectivity index (χ3v) is 3.58. The van der Waals surface area contributed by atoms with Crippen LogP contribution in [-0.4, -0.2) is 17.4 Å². The largest absolute Gasteiger partial charge is 0.365 e. The minimum atomic E-state index is -0.560. The highest BCUT2D eigenvalue weighted by Gasteiger charge is 2.15. The van der Waals surface area contributed by atoms with Crippen LogP contribution in [0, 0.1) is 5.41 Å². The van der Waals surface area contributed by atoms with E-state index in [0.717, 1.165) is 0 Å². The van der Waals surface area contributed by atoms with Crippen LogP contribution in [0.5, 0.6) is 0 Å². The SMILES string of the molecule is N=C(/C(=N\OC(=O)c1ccccc1)c1ccccc1)c1ccccc1. The van der Waals surface area contributed by atoms with Crippen molar-refractivity contribution in [2.24, 2.45) is 5.16 Å². The summed E-state index contributed by atoms with van der Waals surface area (Å²) in [5.74, 6) is -0.560. The van der Waals surface area contributed by atoms with Gasteiger partial charge in [-0.25, -0.2) is 4.79 Å². The number of carbonyl (C=O) groups is 1. The van der Waals surface area contributed by atoms with Gasteiger partial charge in [0.05, 0.1) is 11.3 Å². The van der Waals surface area contributed by atoms with Crippen LogP contribution in [-0.2, 0) is 4.84 Å². The molecule has 0 heterocycles. The molecular formula is C21H16N2O2. The van der Waals surface area contributed by atoms with Gasteiger partial charge in [0.25, 0.3) is 0 Å². The van der Waals surface area contributed by atoms with E-state index in [2.05, 4.69) is 5.16 Å². The Bertz CT molecular complexity index is 889. The number of nitrogens with zero attached hydrogens (tertiary/aromatic N) is 1. The minimum Gasteiger partial charge on any atom is -0.312 e. The average molecular weight is 328 g/mol. The lowest BCUT2D eigenvalue weighted by molar-refractivity contribution is 0.0518. The molecule has 3 rings (SSSR count). The minimum absolute atomic E-state index is 0.188. The molecule has 0 unspecified atom stereocenters. The molecule has 3 aromatic carbocycles. The molecule has 0 amide bonds. The first-order chi connectivity index (χ1) is 12.3. The number of oxime groups is 1. The van der Waals surface area contributed by atoms with Crippen molar-refractivity contribution in [1.29, 1.82) is 5.41 Å². The van der Waals surface area contributed by atoms with E-state index in [1.54, 1.807) is 24.3 Å². The smallest absolute Gasteiger partial charge is 0.312 e. The summed E-state index contributed by atoms with van der Waals surface area (Å²) in [7, 11) is 0. The van der Waals surface area contributed by atoms with Crippen LogP contribution >= 0.6 is 0 Å². The van der Waals surface area contributed by atoms with E-state index in [4.69, 9.17) is 10.2 Å². The van der Waals surface area contributed by atoms with E-state index in [1.807, 2.05) is 66.7 Å². The maximum absolute atomic E-state index is 12.1. The number of hydrogen-bond donors (Lipinski definition) is 1. The molecular weight excluding hydrogens is 312 g/mol. The lowest BCUT2D eigenvalue weighted by Gasteiger charge is -2.08. The van der Waals surface area contributed by atoms with Gasteiger partial charge in [0, 0.05) is 11.1 Å². The summed E-state index contributed by atoms with van der Waals surface area (Å²) < 4.78 is 0. The Balaban J connectivity index is 1.92. The number of hydrogen-bond acceptors (Lipinski definition) is 4. The van der Waals surface area contributed by atoms with Crippen molar-refractivity contribution in [2.75, 3.05) is 0 Å². The third kappa shape index (κ3) is 4.06. The lowest BCUT2D eigenvalue weighted by Crippen LogP contribution is -2.17. The number of rotatable bonds is 5. The molecule has 25 heavy (non-hydrogen) atoms. The van der Waals surface area contributed by atoms with Crippen LogP contribution in [0.3, 0.4) is 0 Å². The van der Waals surface area contributed by atoms with E-state index in [1.165, 1.54) is 0 Å². The van der Waals surface area contributed by atoms with Crippen LogP contribution in [0.25, 0.3) is 0 Å². The molecule has 0 aliphatic rings. The molecule has 0 radical (unpaired) electrons. The predicted molar refractivity (Wildman–Crippen MR) is 98.1 cm³/mol. The molecule has 0 aliphatic carbocycles. The molecule has 0 saturated carbocycles. The first-order valence-corrected chi connectivity index (χ1v) is 7.80. The first-order valence-electron chi connectivity index (χ1n) is 7.80. The van der Waals surface area contributed by atoms with Gasteiger partial charge in [0.15, 0.2) is 0 Å². The van der Waals surface area contributed by atoms with E-state index in [-0.39, 0.29) is 5.71 Å². The second kappa shape index (κ2) is 7.84. The standard InChI is InChI=1S/C21H16N2O2/c22-19(16-10-4-1-5-11-16)20(17-12-6-2-7-13-17)23-25-21(24)18-14-8-3-9-15-18/h1-15,22H/b22-19?,23-20-. The zero-order valence-corrected chi connectivity index (χ0v) is 13.4. The van der Waals surface area contributed by atoms with Gasteiger partial charge in [0.1, 0.15) is 5.71 Å². The van der Waals surface area contributed by atoms with E-state index < -0.39 is 5.97 Å². The topological polar surface area (TPSA) is 62.5 Å². The molecule has 0 bridgehead atoms. The fraction of sp³-hybridized carbons (Fsp3) is 0. The van der Waals surface area contributed by atoms with Gasteiger partial charge >= 0.3 is 5.97 Å². The van der Waals surface area contributed by atoms with Gasteiger partial charge < -0.3 is 4.84 Å². The van der Waals surface area contributed by atoms with Crippen molar-refractivity contribution in [1.82, 2.24) is 0 Å². The quantitative estimate of drug-likeness (QED) is 0.431. The lowest BCUT2D eigenvalue weighted by atomic mass is 10.0. The van der Waals surface area contributed by atoms with Crippen molar-refractivity contribution < 1.29 is 9.63 Å². The Labute approximate surface area is 145 Å². The van der Waals surface area contributed by atoms with Crippen LogP contribution < -0.4 is 0 Å². The zero-order valence-electron chi connectivity index (χ0n) is 13.4. The van der Waals surface area contributed by atoms with E-state index >= 15 is 0 Å². The Morgan fingerprint density at radius 3 is 1.64 bits per heavy atom. The highest BCUT2D eigenvalue weighted by molar-refractivity contribution is 6.52.